The van der Waals surface area contributed by atoms with Gasteiger partial charge >= 0.3 is 17.1 Å². The van der Waals surface area contributed by atoms with E-state index in [0.29, 0.717) is 12.1 Å². The molecule has 1 radical (unpaired) electrons. The third kappa shape index (κ3) is 9.69. The first-order valence-corrected chi connectivity index (χ1v) is 5.91. The number of nitriles is 1. The first-order chi connectivity index (χ1) is 10.3. The molecule has 0 bridgehead atoms. The molecule has 1 aromatic heterocycles. The maximum atomic E-state index is 11.4. The number of benzene rings is 1. The van der Waals surface area contributed by atoms with Crippen molar-refractivity contribution >= 4 is 12.2 Å². The van der Waals surface area contributed by atoms with Gasteiger partial charge in [0.15, 0.2) is 0 Å². The average molecular weight is 359 g/mol. The third-order valence-electron chi connectivity index (χ3n) is 2.23. The normalized spacial score (nSPS) is 8.30. The summed E-state index contributed by atoms with van der Waals surface area (Å²) in [5, 5.41) is 26.2. The first-order valence-electron chi connectivity index (χ1n) is 5.91. The summed E-state index contributed by atoms with van der Waals surface area (Å²) in [5.41, 5.74) is 1.50. The summed E-state index contributed by atoms with van der Waals surface area (Å²) >= 11 is 0. The fourth-order valence-electron chi connectivity index (χ4n) is 1.34. The molecule has 1 aromatic carbocycles. The maximum Gasteiger partial charge on any atom is 2.00 e. The summed E-state index contributed by atoms with van der Waals surface area (Å²) in [4.78, 5) is 10.9. The van der Waals surface area contributed by atoms with Gasteiger partial charge in [0, 0.05) is 12.4 Å². The summed E-state index contributed by atoms with van der Waals surface area (Å²) in [6, 6.07) is 13.8. The van der Waals surface area contributed by atoms with Gasteiger partial charge in [-0.15, -0.1) is 11.8 Å². The van der Waals surface area contributed by atoms with E-state index >= 15 is 0 Å². The van der Waals surface area contributed by atoms with Gasteiger partial charge in [-0.1, -0.05) is 30.3 Å². The molecule has 2 N–H and O–H groups in total. The van der Waals surface area contributed by atoms with Crippen LogP contribution < -0.4 is 5.11 Å². The third-order valence-corrected chi connectivity index (χ3v) is 2.23. The summed E-state index contributed by atoms with van der Waals surface area (Å²) in [7, 11) is 0. The van der Waals surface area contributed by atoms with E-state index in [2.05, 4.69) is 15.0 Å². The van der Waals surface area contributed by atoms with Crippen LogP contribution in [0.5, 0.6) is 5.75 Å². The molecule has 0 saturated carbocycles. The van der Waals surface area contributed by atoms with Crippen molar-refractivity contribution in [3.63, 3.8) is 0 Å². The van der Waals surface area contributed by atoms with Gasteiger partial charge < -0.3 is 21.0 Å². The Hall–Kier alpha value is -2.81. The second kappa shape index (κ2) is 14.1. The molecule has 7 nitrogen and oxygen atoms in total. The van der Waals surface area contributed by atoms with Gasteiger partial charge in [0.1, 0.15) is 0 Å². The minimum atomic E-state index is -0.00716. The van der Waals surface area contributed by atoms with Gasteiger partial charge in [-0.05, 0) is 17.7 Å². The molecule has 0 aliphatic rings. The Morgan fingerprint density at radius 3 is 2.43 bits per heavy atom. The second-order valence-corrected chi connectivity index (χ2v) is 3.64. The van der Waals surface area contributed by atoms with E-state index in [1.807, 2.05) is 24.3 Å². The standard InChI is InChI=1S/C13H12N2O.C2N3.Cu.H2O/c16-13-7-2-1-5-11(13)9-14-10-12-6-3-4-8-15-12;3-1-5-2-4;;/h1-9,16H,10H2;;;1H2/q;-1;+2;/p-1. The van der Waals surface area contributed by atoms with E-state index in [1.54, 1.807) is 24.5 Å². The number of para-hydroxylation sites is 1. The van der Waals surface area contributed by atoms with Crippen LogP contribution in [0.15, 0.2) is 58.6 Å². The summed E-state index contributed by atoms with van der Waals surface area (Å²) < 4.78 is 0. The van der Waals surface area contributed by atoms with Crippen molar-refractivity contribution in [2.45, 2.75) is 6.54 Å². The predicted molar refractivity (Wildman–Crippen MR) is 81.4 cm³/mol. The molecule has 0 aliphatic carbocycles. The van der Waals surface area contributed by atoms with Gasteiger partial charge in [0.2, 0.25) is 0 Å². The molecule has 23 heavy (non-hydrogen) atoms. The van der Waals surface area contributed by atoms with Crippen molar-refractivity contribution in [1.29, 1.82) is 5.26 Å². The smallest absolute Gasteiger partial charge is 0.872 e. The number of pyridine rings is 1. The number of hydrogen-bond acceptors (Lipinski definition) is 5. The van der Waals surface area contributed by atoms with Crippen LogP contribution in [0.3, 0.4) is 0 Å². The van der Waals surface area contributed by atoms with Crippen molar-refractivity contribution in [2.75, 3.05) is 0 Å². The molecule has 0 unspecified atom stereocenters. The van der Waals surface area contributed by atoms with Crippen LogP contribution in [-0.2, 0) is 23.6 Å². The zero-order valence-electron chi connectivity index (χ0n) is 11.8. The van der Waals surface area contributed by atoms with Gasteiger partial charge in [-0.3, -0.25) is 9.98 Å². The van der Waals surface area contributed by atoms with E-state index < -0.39 is 0 Å². The SMILES string of the molecule is N#CN=C=[N-].O.[Cu+2].[O-]c1ccccc1C=NCc1ccccn1. The Labute approximate surface area is 144 Å². The number of hydrogen-bond donors (Lipinski definition) is 0. The monoisotopic (exact) mass is 358 g/mol. The quantitative estimate of drug-likeness (QED) is 0.462. The van der Waals surface area contributed by atoms with E-state index in [9.17, 15) is 5.11 Å². The summed E-state index contributed by atoms with van der Waals surface area (Å²) in [5.74, 6) is -0.00716. The van der Waals surface area contributed by atoms with Crippen molar-refractivity contribution < 1.29 is 27.7 Å². The Morgan fingerprint density at radius 2 is 1.91 bits per heavy atom. The van der Waals surface area contributed by atoms with Gasteiger partial charge in [0.05, 0.1) is 18.4 Å². The zero-order chi connectivity index (χ0) is 15.3. The molecular weight excluding hydrogens is 346 g/mol. The number of rotatable bonds is 3. The molecular formula is C15H13CuN5O2. The molecule has 0 spiro atoms. The van der Waals surface area contributed by atoms with Gasteiger partial charge in [-0.25, -0.2) is 0 Å². The molecule has 1 heterocycles. The van der Waals surface area contributed by atoms with Crippen molar-refractivity contribution in [1.82, 2.24) is 4.98 Å². The molecule has 8 heteroatoms. The number of aromatic nitrogens is 1. The van der Waals surface area contributed by atoms with Crippen molar-refractivity contribution in [2.24, 2.45) is 9.98 Å². The molecule has 0 amide bonds. The number of nitrogens with zero attached hydrogens (tertiary/aromatic N) is 5. The molecule has 0 fully saturated rings. The zero-order valence-corrected chi connectivity index (χ0v) is 12.8. The minimum absolute atomic E-state index is 0. The summed E-state index contributed by atoms with van der Waals surface area (Å²) in [6.07, 6.45) is 4.60. The Balaban J connectivity index is 0. The van der Waals surface area contributed by atoms with E-state index in [0.717, 1.165) is 5.69 Å². The second-order valence-electron chi connectivity index (χ2n) is 3.64. The molecule has 2 rings (SSSR count). The van der Waals surface area contributed by atoms with E-state index in [4.69, 9.17) is 10.7 Å². The predicted octanol–water partition coefficient (Wildman–Crippen LogP) is 1.16. The van der Waals surface area contributed by atoms with Gasteiger partial charge in [-0.2, -0.15) is 5.26 Å². The Kier molecular flexibility index (Phi) is 13.8. The summed E-state index contributed by atoms with van der Waals surface area (Å²) in [6.45, 7) is 0.495. The van der Waals surface area contributed by atoms with E-state index in [1.165, 1.54) is 18.3 Å². The van der Waals surface area contributed by atoms with Crippen LogP contribution in [0, 0.1) is 11.5 Å². The Morgan fingerprint density at radius 1 is 1.22 bits per heavy atom. The number of aliphatic imine (C=N–C) groups is 2. The van der Waals surface area contributed by atoms with Crippen LogP contribution in [0.25, 0.3) is 5.41 Å². The topological polar surface area (TPSA) is 138 Å². The van der Waals surface area contributed by atoms with Crippen LogP contribution in [-0.4, -0.2) is 22.7 Å². The fraction of sp³-hybridized carbons (Fsp3) is 0.0667. The molecule has 0 saturated heterocycles. The van der Waals surface area contributed by atoms with Crippen LogP contribution in [0.2, 0.25) is 0 Å². The molecule has 2 aromatic rings. The average Bonchev–Trinajstić information content (AvgIpc) is 2.52. The van der Waals surface area contributed by atoms with Crippen LogP contribution in [0.4, 0.5) is 0 Å². The molecule has 0 atom stereocenters. The van der Waals surface area contributed by atoms with Crippen molar-refractivity contribution in [3.8, 4) is 11.9 Å². The van der Waals surface area contributed by atoms with Crippen LogP contribution in [0.1, 0.15) is 11.3 Å². The molecule has 121 valence electrons. The minimum Gasteiger partial charge on any atom is -0.872 e. The largest absolute Gasteiger partial charge is 2.00 e. The fourth-order valence-corrected chi connectivity index (χ4v) is 1.34. The Bertz CT molecular complexity index is 680. The first kappa shape index (κ1) is 22.5. The van der Waals surface area contributed by atoms with Gasteiger partial charge in [0.25, 0.3) is 0 Å². The molecule has 0 aliphatic heterocycles. The maximum absolute atomic E-state index is 11.4. The van der Waals surface area contributed by atoms with E-state index in [-0.39, 0.29) is 28.3 Å². The van der Waals surface area contributed by atoms with Crippen LogP contribution >= 0.6 is 0 Å². The van der Waals surface area contributed by atoms with Crippen molar-refractivity contribution in [3.05, 3.63) is 65.3 Å².